The summed E-state index contributed by atoms with van der Waals surface area (Å²) in [6.07, 6.45) is -0.269. The minimum Gasteiger partial charge on any atom is -0.466 e. The van der Waals surface area contributed by atoms with Crippen LogP contribution in [-0.4, -0.2) is 37.1 Å². The molecule has 7 heteroatoms. The van der Waals surface area contributed by atoms with Crippen molar-refractivity contribution in [2.24, 2.45) is 0 Å². The molecule has 1 aromatic rings. The maximum absolute atomic E-state index is 12.5. The Bertz CT molecular complexity index is 713. The number of nitrogens with two attached hydrogens (primary N) is 1. The number of hydrogen-bond donors (Lipinski definition) is 2. The normalized spacial score (nSPS) is 13.8. The van der Waals surface area contributed by atoms with Crippen LogP contribution in [0, 0.1) is 0 Å². The largest absolute Gasteiger partial charge is 0.466 e. The third-order valence-corrected chi connectivity index (χ3v) is 2.69. The summed E-state index contributed by atoms with van der Waals surface area (Å²) in [6.45, 7) is 3.42. The second kappa shape index (κ2) is 9.45. The lowest BCUT2D eigenvalue weighted by molar-refractivity contribution is -0.146. The van der Waals surface area contributed by atoms with Gasteiger partial charge in [-0.25, -0.2) is 4.79 Å². The number of nitrogens with one attached hydrogen (secondary N) is 1. The van der Waals surface area contributed by atoms with Crippen LogP contribution in [0.3, 0.4) is 0 Å². The number of anilines is 1. The summed E-state index contributed by atoms with van der Waals surface area (Å²) in [6, 6.07) is -3.58. The molecule has 1 aromatic carbocycles. The third-order valence-electron chi connectivity index (χ3n) is 2.69. The maximum atomic E-state index is 12.5. The quantitative estimate of drug-likeness (QED) is 0.550. The van der Waals surface area contributed by atoms with Crippen LogP contribution in [0.25, 0.3) is 0 Å². The van der Waals surface area contributed by atoms with Crippen LogP contribution in [-0.2, 0) is 19.1 Å². The summed E-state index contributed by atoms with van der Waals surface area (Å²) in [5.41, 5.74) is 4.54. The molecule has 0 heterocycles. The molecule has 0 radical (unpaired) electrons. The first-order valence-electron chi connectivity index (χ1n) is 9.14. The molecule has 0 saturated carbocycles. The minimum atomic E-state index is -1.22. The highest BCUT2D eigenvalue weighted by atomic mass is 16.5. The number of benzene rings is 1. The summed E-state index contributed by atoms with van der Waals surface area (Å²) < 4.78 is 40.7. The van der Waals surface area contributed by atoms with Crippen molar-refractivity contribution in [3.05, 3.63) is 29.7 Å². The van der Waals surface area contributed by atoms with E-state index < -0.39 is 53.6 Å². The highest BCUT2D eigenvalue weighted by Gasteiger charge is 2.23. The van der Waals surface area contributed by atoms with Gasteiger partial charge in [-0.3, -0.25) is 9.59 Å². The van der Waals surface area contributed by atoms with Crippen molar-refractivity contribution in [2.75, 3.05) is 18.9 Å². The molecule has 0 aliphatic carbocycles. The summed E-state index contributed by atoms with van der Waals surface area (Å²) in [5, 5.41) is 2.30. The Morgan fingerprint density at radius 1 is 1.17 bits per heavy atom. The number of nitrogen functional groups attached to an aromatic ring is 1. The zero-order chi connectivity index (χ0) is 20.7. The van der Waals surface area contributed by atoms with Crippen molar-refractivity contribution in [3.8, 4) is 0 Å². The van der Waals surface area contributed by atoms with E-state index >= 15 is 0 Å². The molecule has 0 spiro atoms. The standard InChI is InChI=1S/C16H22N2O5/c1-3-22-14(19)10-9-13(16(21)23-4-2)18-15(20)11-5-7-12(17)8-6-11/h5-8,13H,3-4,9-10,17H2,1-2H3,(H,18,20)/i5D,6D,7D,8D. The summed E-state index contributed by atoms with van der Waals surface area (Å²) in [4.78, 5) is 36.1. The minimum absolute atomic E-state index is 0.0492. The number of amides is 1. The van der Waals surface area contributed by atoms with Gasteiger partial charge < -0.3 is 20.5 Å². The number of esters is 2. The van der Waals surface area contributed by atoms with Crippen LogP contribution in [0.5, 0.6) is 0 Å². The van der Waals surface area contributed by atoms with E-state index in [4.69, 9.17) is 20.7 Å². The Kier molecular flexibility index (Phi) is 5.31. The van der Waals surface area contributed by atoms with Crippen LogP contribution < -0.4 is 11.1 Å². The Labute approximate surface area is 140 Å². The second-order valence-corrected chi connectivity index (χ2v) is 4.41. The molecule has 23 heavy (non-hydrogen) atoms. The Balaban J connectivity index is 3.09. The van der Waals surface area contributed by atoms with Crippen LogP contribution >= 0.6 is 0 Å². The summed E-state index contributed by atoms with van der Waals surface area (Å²) in [7, 11) is 0. The molecule has 3 N–H and O–H groups in total. The zero-order valence-electron chi connectivity index (χ0n) is 17.0. The number of hydrogen-bond acceptors (Lipinski definition) is 6. The SMILES string of the molecule is [2H]c1c([2H])c(C(=O)NC(CCC(=O)OCC)C(=O)OCC)c([2H])c([2H])c1N. The van der Waals surface area contributed by atoms with Crippen LogP contribution in [0.1, 0.15) is 42.5 Å². The molecule has 0 aliphatic heterocycles. The van der Waals surface area contributed by atoms with Gasteiger partial charge in [0.2, 0.25) is 0 Å². The maximum Gasteiger partial charge on any atom is 0.328 e. The van der Waals surface area contributed by atoms with E-state index in [0.29, 0.717) is 0 Å². The van der Waals surface area contributed by atoms with E-state index in [1.807, 2.05) is 0 Å². The van der Waals surface area contributed by atoms with E-state index in [1.54, 1.807) is 13.8 Å². The van der Waals surface area contributed by atoms with Crippen molar-refractivity contribution >= 4 is 23.5 Å². The molecule has 1 amide bonds. The first-order chi connectivity index (χ1) is 12.6. The van der Waals surface area contributed by atoms with Crippen molar-refractivity contribution < 1.29 is 29.3 Å². The molecule has 0 aliphatic rings. The predicted molar refractivity (Wildman–Crippen MR) is 84.6 cm³/mol. The van der Waals surface area contributed by atoms with Crippen molar-refractivity contribution in [1.29, 1.82) is 0 Å². The van der Waals surface area contributed by atoms with Crippen molar-refractivity contribution in [1.82, 2.24) is 5.32 Å². The van der Waals surface area contributed by atoms with Crippen molar-refractivity contribution in [2.45, 2.75) is 32.7 Å². The highest BCUT2D eigenvalue weighted by Crippen LogP contribution is 2.08. The first kappa shape index (κ1) is 12.9. The molecule has 7 nitrogen and oxygen atoms in total. The topological polar surface area (TPSA) is 108 Å². The molecule has 1 atom stereocenters. The van der Waals surface area contributed by atoms with Gasteiger partial charge in [-0.15, -0.1) is 0 Å². The molecule has 0 saturated heterocycles. The van der Waals surface area contributed by atoms with E-state index in [0.717, 1.165) is 0 Å². The van der Waals surface area contributed by atoms with Gasteiger partial charge in [0.1, 0.15) is 6.04 Å². The number of ether oxygens (including phenoxy) is 2. The molecule has 0 fully saturated rings. The molecule has 1 unspecified atom stereocenters. The van der Waals surface area contributed by atoms with Gasteiger partial charge in [0.15, 0.2) is 0 Å². The van der Waals surface area contributed by atoms with Crippen molar-refractivity contribution in [3.63, 3.8) is 0 Å². The van der Waals surface area contributed by atoms with E-state index in [2.05, 4.69) is 5.32 Å². The predicted octanol–water partition coefficient (Wildman–Crippen LogP) is 1.27. The molecule has 0 aromatic heterocycles. The highest BCUT2D eigenvalue weighted by molar-refractivity contribution is 5.97. The van der Waals surface area contributed by atoms with Gasteiger partial charge in [0.25, 0.3) is 5.91 Å². The summed E-state index contributed by atoms with van der Waals surface area (Å²) >= 11 is 0. The number of rotatable bonds is 8. The fourth-order valence-electron chi connectivity index (χ4n) is 1.65. The van der Waals surface area contributed by atoms with Crippen LogP contribution in [0.2, 0.25) is 0 Å². The Hall–Kier alpha value is -2.57. The molecule has 0 bridgehead atoms. The van der Waals surface area contributed by atoms with E-state index in [-0.39, 0.29) is 31.7 Å². The first-order valence-corrected chi connectivity index (χ1v) is 7.14. The van der Waals surface area contributed by atoms with Gasteiger partial charge in [-0.1, -0.05) is 0 Å². The molecule has 126 valence electrons. The average Bonchev–Trinajstić information content (AvgIpc) is 2.62. The van der Waals surface area contributed by atoms with Gasteiger partial charge in [0.05, 0.1) is 18.7 Å². The smallest absolute Gasteiger partial charge is 0.328 e. The molecule has 1 rings (SSSR count). The number of carbonyl (C=O) groups is 3. The fraction of sp³-hybridized carbons (Fsp3) is 0.438. The van der Waals surface area contributed by atoms with Gasteiger partial charge >= 0.3 is 11.9 Å². The van der Waals surface area contributed by atoms with Crippen LogP contribution in [0.15, 0.2) is 24.2 Å². The fourth-order valence-corrected chi connectivity index (χ4v) is 1.65. The average molecular weight is 326 g/mol. The second-order valence-electron chi connectivity index (χ2n) is 4.41. The van der Waals surface area contributed by atoms with Crippen LogP contribution in [0.4, 0.5) is 5.69 Å². The monoisotopic (exact) mass is 326 g/mol. The number of carbonyl (C=O) groups excluding carboxylic acids is 3. The van der Waals surface area contributed by atoms with Gasteiger partial charge in [0, 0.05) is 17.7 Å². The molecular weight excluding hydrogens is 300 g/mol. The lowest BCUT2D eigenvalue weighted by atomic mass is 10.1. The van der Waals surface area contributed by atoms with E-state index in [9.17, 15) is 14.4 Å². The van der Waals surface area contributed by atoms with Gasteiger partial charge in [-0.2, -0.15) is 0 Å². The third kappa shape index (κ3) is 6.37. The molecular formula is C16H22N2O5. The van der Waals surface area contributed by atoms with E-state index in [1.165, 1.54) is 0 Å². The lowest BCUT2D eigenvalue weighted by Gasteiger charge is -2.17. The summed E-state index contributed by atoms with van der Waals surface area (Å²) in [5.74, 6) is -2.35. The zero-order valence-corrected chi connectivity index (χ0v) is 13.0. The lowest BCUT2D eigenvalue weighted by Crippen LogP contribution is -2.42. The Morgan fingerprint density at radius 2 is 1.78 bits per heavy atom. The Morgan fingerprint density at radius 3 is 2.35 bits per heavy atom. The van der Waals surface area contributed by atoms with Gasteiger partial charge in [-0.05, 0) is 44.4 Å².